The van der Waals surface area contributed by atoms with E-state index < -0.39 is 0 Å². The average molecular weight is 559 g/mol. The molecule has 1 N–H and O–H groups in total. The summed E-state index contributed by atoms with van der Waals surface area (Å²) in [6, 6.07) is 16.1. The van der Waals surface area contributed by atoms with Crippen LogP contribution in [0.1, 0.15) is 28.0 Å². The number of hydrogen-bond donors (Lipinski definition) is 1. The van der Waals surface area contributed by atoms with Crippen molar-refractivity contribution in [1.29, 1.82) is 0 Å². The first-order chi connectivity index (χ1) is 15.9. The van der Waals surface area contributed by atoms with Gasteiger partial charge in [0.05, 0.1) is 4.91 Å². The molecule has 2 heterocycles. The minimum absolute atomic E-state index is 0.142. The van der Waals surface area contributed by atoms with Crippen LogP contribution in [0.15, 0.2) is 64.1 Å². The number of rotatable bonds is 7. The van der Waals surface area contributed by atoms with Crippen LogP contribution in [0.25, 0.3) is 6.08 Å². The van der Waals surface area contributed by atoms with Crippen LogP contribution in [0.5, 0.6) is 0 Å². The minimum atomic E-state index is -0.198. The number of carbonyl (C=O) groups excluding carboxylic acids is 2. The molecule has 1 aliphatic heterocycles. The number of benzene rings is 2. The molecule has 0 saturated carbocycles. The molecule has 0 spiro atoms. The van der Waals surface area contributed by atoms with E-state index in [1.165, 1.54) is 39.1 Å². The van der Waals surface area contributed by atoms with Crippen molar-refractivity contribution in [2.24, 2.45) is 0 Å². The van der Waals surface area contributed by atoms with Gasteiger partial charge in [-0.15, -0.1) is 11.3 Å². The number of aromatic nitrogens is 1. The Labute approximate surface area is 214 Å². The molecule has 1 fully saturated rings. The highest BCUT2D eigenvalue weighted by molar-refractivity contribution is 9.10. The fourth-order valence-corrected chi connectivity index (χ4v) is 5.78. The first-order valence-corrected chi connectivity index (χ1v) is 13.0. The quantitative estimate of drug-likeness (QED) is 0.283. The number of thiocarbonyl (C=S) groups is 1. The topological polar surface area (TPSA) is 62.3 Å². The first-order valence-electron chi connectivity index (χ1n) is 10.2. The maximum absolute atomic E-state index is 12.8. The zero-order valence-corrected chi connectivity index (χ0v) is 21.7. The van der Waals surface area contributed by atoms with Gasteiger partial charge in [-0.2, -0.15) is 0 Å². The van der Waals surface area contributed by atoms with Gasteiger partial charge in [0, 0.05) is 34.9 Å². The van der Waals surface area contributed by atoms with Crippen LogP contribution in [-0.4, -0.2) is 32.6 Å². The van der Waals surface area contributed by atoms with Crippen molar-refractivity contribution in [3.05, 3.63) is 85.7 Å². The Hall–Kier alpha value is -2.33. The van der Waals surface area contributed by atoms with Crippen LogP contribution in [0.2, 0.25) is 0 Å². The number of amides is 2. The Balaban J connectivity index is 1.31. The Bertz CT molecular complexity index is 1240. The Morgan fingerprint density at radius 2 is 2.03 bits per heavy atom. The van der Waals surface area contributed by atoms with E-state index in [9.17, 15) is 9.59 Å². The van der Waals surface area contributed by atoms with Gasteiger partial charge in [-0.25, -0.2) is 4.98 Å². The summed E-state index contributed by atoms with van der Waals surface area (Å²) in [7, 11) is 0. The number of aryl methyl sites for hydroxylation is 1. The summed E-state index contributed by atoms with van der Waals surface area (Å²) in [4.78, 5) is 32.6. The van der Waals surface area contributed by atoms with E-state index in [0.29, 0.717) is 14.4 Å². The maximum Gasteiger partial charge on any atom is 0.266 e. The van der Waals surface area contributed by atoms with Crippen molar-refractivity contribution < 1.29 is 9.59 Å². The predicted octanol–water partition coefficient (Wildman–Crippen LogP) is 6.03. The van der Waals surface area contributed by atoms with Gasteiger partial charge >= 0.3 is 0 Å². The molecular formula is C24H20BrN3O2S3. The van der Waals surface area contributed by atoms with Crippen LogP contribution in [0, 0.1) is 6.92 Å². The highest BCUT2D eigenvalue weighted by Gasteiger charge is 2.32. The van der Waals surface area contributed by atoms with Gasteiger partial charge in [-0.3, -0.25) is 14.5 Å². The van der Waals surface area contributed by atoms with E-state index in [0.717, 1.165) is 21.3 Å². The summed E-state index contributed by atoms with van der Waals surface area (Å²) in [6.07, 6.45) is 4.52. The lowest BCUT2D eigenvalue weighted by Gasteiger charge is -2.13. The van der Waals surface area contributed by atoms with Crippen molar-refractivity contribution in [3.8, 4) is 0 Å². The molecule has 2 aromatic carbocycles. The smallest absolute Gasteiger partial charge is 0.266 e. The van der Waals surface area contributed by atoms with Gasteiger partial charge in [-0.05, 0) is 36.3 Å². The number of thiazole rings is 1. The molecule has 1 saturated heterocycles. The summed E-state index contributed by atoms with van der Waals surface area (Å²) in [5.41, 5.74) is 3.33. The maximum atomic E-state index is 12.8. The molecule has 0 radical (unpaired) electrons. The molecule has 0 bridgehead atoms. The number of hydrogen-bond acceptors (Lipinski definition) is 6. The second-order valence-electron chi connectivity index (χ2n) is 7.48. The standard InChI is InChI=1S/C24H20BrN3O2S3/c1-15-5-7-16(8-6-15)12-19-14-26-23(32-19)27-21(29)9-10-28-22(30)20(33-24(28)31)13-17-3-2-4-18(25)11-17/h2-8,11,13-14H,9-10,12H2,1H3,(H,26,27,29). The van der Waals surface area contributed by atoms with Crippen molar-refractivity contribution in [2.45, 2.75) is 19.8 Å². The predicted molar refractivity (Wildman–Crippen MR) is 143 cm³/mol. The van der Waals surface area contributed by atoms with Gasteiger partial charge in [0.15, 0.2) is 5.13 Å². The molecule has 1 aliphatic rings. The number of nitrogens with zero attached hydrogens (tertiary/aromatic N) is 2. The van der Waals surface area contributed by atoms with Crippen LogP contribution in [0.4, 0.5) is 5.13 Å². The van der Waals surface area contributed by atoms with Crippen LogP contribution >= 0.6 is 51.2 Å². The molecule has 0 unspecified atom stereocenters. The van der Waals surface area contributed by atoms with Crippen LogP contribution in [-0.2, 0) is 16.0 Å². The highest BCUT2D eigenvalue weighted by Crippen LogP contribution is 2.33. The zero-order chi connectivity index (χ0) is 23.4. The summed E-state index contributed by atoms with van der Waals surface area (Å²) in [6.45, 7) is 2.29. The Morgan fingerprint density at radius 1 is 1.24 bits per heavy atom. The second-order valence-corrected chi connectivity index (χ2v) is 11.2. The lowest BCUT2D eigenvalue weighted by Crippen LogP contribution is -2.31. The van der Waals surface area contributed by atoms with Gasteiger partial charge in [0.25, 0.3) is 5.91 Å². The zero-order valence-electron chi connectivity index (χ0n) is 17.7. The lowest BCUT2D eigenvalue weighted by atomic mass is 10.1. The number of nitrogens with one attached hydrogen (secondary N) is 1. The summed E-state index contributed by atoms with van der Waals surface area (Å²) < 4.78 is 1.40. The van der Waals surface area contributed by atoms with Gasteiger partial charge < -0.3 is 5.32 Å². The molecule has 3 aromatic rings. The largest absolute Gasteiger partial charge is 0.302 e. The van der Waals surface area contributed by atoms with Crippen molar-refractivity contribution >= 4 is 78.6 Å². The van der Waals surface area contributed by atoms with E-state index in [2.05, 4.69) is 57.4 Å². The summed E-state index contributed by atoms with van der Waals surface area (Å²) in [5, 5.41) is 3.39. The SMILES string of the molecule is Cc1ccc(Cc2cnc(NC(=O)CCN3C(=O)C(=Cc4cccc(Br)c4)SC3=S)s2)cc1. The lowest BCUT2D eigenvalue weighted by molar-refractivity contribution is -0.122. The molecule has 33 heavy (non-hydrogen) atoms. The third kappa shape index (κ3) is 6.38. The third-order valence-corrected chi connectivity index (χ3v) is 7.67. The fraction of sp³-hybridized carbons (Fsp3) is 0.167. The molecule has 2 amide bonds. The normalized spacial score (nSPS) is 14.8. The van der Waals surface area contributed by atoms with Gasteiger partial charge in [0.2, 0.25) is 5.91 Å². The summed E-state index contributed by atoms with van der Waals surface area (Å²) >= 11 is 11.5. The molecule has 1 aromatic heterocycles. The van der Waals surface area contributed by atoms with Crippen molar-refractivity contribution in [3.63, 3.8) is 0 Å². The minimum Gasteiger partial charge on any atom is -0.302 e. The van der Waals surface area contributed by atoms with Crippen molar-refractivity contribution in [2.75, 3.05) is 11.9 Å². The number of halogens is 1. The molecule has 0 aliphatic carbocycles. The Kier molecular flexibility index (Phi) is 7.75. The van der Waals surface area contributed by atoms with E-state index >= 15 is 0 Å². The summed E-state index contributed by atoms with van der Waals surface area (Å²) in [5.74, 6) is -0.372. The van der Waals surface area contributed by atoms with Gasteiger partial charge in [0.1, 0.15) is 4.32 Å². The molecule has 0 atom stereocenters. The fourth-order valence-electron chi connectivity index (χ4n) is 3.19. The van der Waals surface area contributed by atoms with Crippen LogP contribution in [0.3, 0.4) is 0 Å². The molecule has 9 heteroatoms. The van der Waals surface area contributed by atoms with E-state index in [1.807, 2.05) is 30.3 Å². The molecular weight excluding hydrogens is 538 g/mol. The van der Waals surface area contributed by atoms with Crippen molar-refractivity contribution in [1.82, 2.24) is 9.88 Å². The van der Waals surface area contributed by atoms with Crippen LogP contribution < -0.4 is 5.32 Å². The third-order valence-electron chi connectivity index (χ3n) is 4.88. The first kappa shape index (κ1) is 23.8. The molecule has 5 nitrogen and oxygen atoms in total. The number of thioether (sulfide) groups is 1. The number of carbonyl (C=O) groups is 2. The molecule has 168 valence electrons. The monoisotopic (exact) mass is 557 g/mol. The number of anilines is 1. The van der Waals surface area contributed by atoms with E-state index in [1.54, 1.807) is 6.20 Å². The molecule has 4 rings (SSSR count). The van der Waals surface area contributed by atoms with Gasteiger partial charge in [-0.1, -0.05) is 81.9 Å². The van der Waals surface area contributed by atoms with E-state index in [4.69, 9.17) is 12.2 Å². The van der Waals surface area contributed by atoms with E-state index in [-0.39, 0.29) is 24.8 Å². The second kappa shape index (κ2) is 10.7. The Morgan fingerprint density at radius 3 is 2.79 bits per heavy atom. The average Bonchev–Trinajstić information content (AvgIpc) is 3.31. The highest BCUT2D eigenvalue weighted by atomic mass is 79.9.